The van der Waals surface area contributed by atoms with E-state index in [-0.39, 0.29) is 11.6 Å². The van der Waals surface area contributed by atoms with Gasteiger partial charge in [-0.2, -0.15) is 0 Å². The van der Waals surface area contributed by atoms with Crippen LogP contribution in [0.15, 0.2) is 83.7 Å². The molecule has 0 amide bonds. The topological polar surface area (TPSA) is 40.5 Å². The quantitative estimate of drug-likeness (QED) is 0.438. The molecule has 1 saturated heterocycles. The highest BCUT2D eigenvalue weighted by Crippen LogP contribution is 2.34. The zero-order valence-corrected chi connectivity index (χ0v) is 20.3. The van der Waals surface area contributed by atoms with Gasteiger partial charge in [0.15, 0.2) is 0 Å². The molecule has 2 aliphatic rings. The average molecular weight is 465 g/mol. The first kappa shape index (κ1) is 21.9. The first-order chi connectivity index (χ1) is 17.2. The highest BCUT2D eigenvalue weighted by molar-refractivity contribution is 5.84. The molecular formula is C30H32N4O. The fourth-order valence-electron chi connectivity index (χ4n) is 5.64. The minimum absolute atomic E-state index is 0.0629. The number of likely N-dealkylation sites (N-methyl/N-ethyl adjacent to an activating group) is 1. The predicted octanol–water partition coefficient (Wildman–Crippen LogP) is 5.42. The van der Waals surface area contributed by atoms with E-state index in [9.17, 15) is 4.79 Å². The monoisotopic (exact) mass is 464 g/mol. The summed E-state index contributed by atoms with van der Waals surface area (Å²) in [4.78, 5) is 18.0. The molecule has 0 unspecified atom stereocenters. The van der Waals surface area contributed by atoms with Crippen molar-refractivity contribution >= 4 is 28.0 Å². The molecular weight excluding hydrogens is 432 g/mol. The van der Waals surface area contributed by atoms with Crippen molar-refractivity contribution in [3.8, 4) is 0 Å². The number of aromatic nitrogens is 1. The Morgan fingerprint density at radius 2 is 1.57 bits per heavy atom. The van der Waals surface area contributed by atoms with E-state index in [1.807, 2.05) is 10.6 Å². The second kappa shape index (κ2) is 9.23. The number of piperazine rings is 1. The molecule has 1 N–H and O–H groups in total. The fourth-order valence-corrected chi connectivity index (χ4v) is 5.64. The molecule has 0 radical (unpaired) electrons. The van der Waals surface area contributed by atoms with Crippen molar-refractivity contribution in [2.75, 3.05) is 43.4 Å². The number of hydrogen-bond acceptors (Lipinski definition) is 4. The number of benzene rings is 3. The SMILES string of the molecule is CN1CCN(c2ccc(Nc3ccc4ccc(=O)n([C@@H]5CCCc6ccccc65)c4c3)cc2)CC1. The number of rotatable bonds is 4. The summed E-state index contributed by atoms with van der Waals surface area (Å²) in [7, 11) is 2.18. The van der Waals surface area contributed by atoms with E-state index in [2.05, 4.69) is 88.9 Å². The van der Waals surface area contributed by atoms with Crippen molar-refractivity contribution in [3.05, 3.63) is 100 Å². The third kappa shape index (κ3) is 4.32. The molecule has 2 heterocycles. The van der Waals surface area contributed by atoms with Gasteiger partial charge in [-0.15, -0.1) is 0 Å². The molecule has 6 rings (SSSR count). The summed E-state index contributed by atoms with van der Waals surface area (Å²) in [6.45, 7) is 4.33. The van der Waals surface area contributed by atoms with Gasteiger partial charge in [0.1, 0.15) is 0 Å². The van der Waals surface area contributed by atoms with Gasteiger partial charge in [-0.25, -0.2) is 0 Å². The second-order valence-corrected chi connectivity index (χ2v) is 9.88. The Morgan fingerprint density at radius 3 is 2.40 bits per heavy atom. The summed E-state index contributed by atoms with van der Waals surface area (Å²) < 4.78 is 2.01. The van der Waals surface area contributed by atoms with Crippen LogP contribution in [0, 0.1) is 0 Å². The maximum absolute atomic E-state index is 13.2. The van der Waals surface area contributed by atoms with Crippen LogP contribution in [0.3, 0.4) is 0 Å². The standard InChI is InChI=1S/C30H32N4O/c1-32-17-19-33(20-18-32)26-14-12-24(13-15-26)31-25-11-9-23-10-16-30(35)34(29(23)21-25)28-8-4-6-22-5-2-3-7-27(22)28/h2-3,5,7,9-16,21,28,31H,4,6,8,17-20H2,1H3/t28-/m1/s1. The highest BCUT2D eigenvalue weighted by Gasteiger charge is 2.23. The summed E-state index contributed by atoms with van der Waals surface area (Å²) in [5.41, 5.74) is 7.01. The van der Waals surface area contributed by atoms with E-state index in [1.54, 1.807) is 6.07 Å². The van der Waals surface area contributed by atoms with Crippen LogP contribution in [-0.4, -0.2) is 42.7 Å². The normalized spacial score (nSPS) is 18.4. The number of fused-ring (bicyclic) bond motifs is 2. The Kier molecular flexibility index (Phi) is 5.78. The number of hydrogen-bond donors (Lipinski definition) is 1. The van der Waals surface area contributed by atoms with Gasteiger partial charge in [0, 0.05) is 49.3 Å². The molecule has 1 atom stereocenters. The van der Waals surface area contributed by atoms with Crippen molar-refractivity contribution < 1.29 is 0 Å². The summed E-state index contributed by atoms with van der Waals surface area (Å²) in [6.07, 6.45) is 3.17. The average Bonchev–Trinajstić information content (AvgIpc) is 2.89. The zero-order chi connectivity index (χ0) is 23.8. The Hall–Kier alpha value is -3.57. The summed E-state index contributed by atoms with van der Waals surface area (Å²) in [6, 6.07) is 27.3. The number of anilines is 3. The van der Waals surface area contributed by atoms with E-state index in [1.165, 1.54) is 16.8 Å². The molecule has 1 aromatic heterocycles. The zero-order valence-electron chi connectivity index (χ0n) is 20.3. The van der Waals surface area contributed by atoms with Gasteiger partial charge in [-0.05, 0) is 85.3 Å². The molecule has 0 spiro atoms. The maximum atomic E-state index is 13.2. The molecule has 0 saturated carbocycles. The molecule has 0 bridgehead atoms. The smallest absolute Gasteiger partial charge is 0.251 e. The lowest BCUT2D eigenvalue weighted by molar-refractivity contribution is 0.313. The van der Waals surface area contributed by atoms with Crippen LogP contribution in [0.1, 0.15) is 30.0 Å². The van der Waals surface area contributed by atoms with Crippen molar-refractivity contribution in [1.29, 1.82) is 0 Å². The molecule has 4 aromatic rings. The van der Waals surface area contributed by atoms with E-state index in [4.69, 9.17) is 0 Å². The Bertz CT molecular complexity index is 1400. The number of aryl methyl sites for hydroxylation is 1. The first-order valence-corrected chi connectivity index (χ1v) is 12.7. The van der Waals surface area contributed by atoms with Gasteiger partial charge in [0.2, 0.25) is 0 Å². The first-order valence-electron chi connectivity index (χ1n) is 12.7. The lowest BCUT2D eigenvalue weighted by Gasteiger charge is -2.34. The van der Waals surface area contributed by atoms with Crippen LogP contribution in [0.2, 0.25) is 0 Å². The minimum Gasteiger partial charge on any atom is -0.369 e. The number of pyridine rings is 1. The molecule has 35 heavy (non-hydrogen) atoms. The van der Waals surface area contributed by atoms with Gasteiger partial charge in [0.05, 0.1) is 11.6 Å². The molecule has 1 aliphatic carbocycles. The van der Waals surface area contributed by atoms with Crippen LogP contribution in [-0.2, 0) is 6.42 Å². The van der Waals surface area contributed by atoms with Crippen LogP contribution in [0.5, 0.6) is 0 Å². The van der Waals surface area contributed by atoms with Crippen LogP contribution >= 0.6 is 0 Å². The number of nitrogens with one attached hydrogen (secondary N) is 1. The van der Waals surface area contributed by atoms with Crippen molar-refractivity contribution in [1.82, 2.24) is 9.47 Å². The molecule has 1 aliphatic heterocycles. The minimum atomic E-state index is 0.0629. The van der Waals surface area contributed by atoms with Crippen LogP contribution < -0.4 is 15.8 Å². The summed E-state index contributed by atoms with van der Waals surface area (Å²) in [5.74, 6) is 0. The van der Waals surface area contributed by atoms with E-state index in [0.29, 0.717) is 0 Å². The molecule has 5 heteroatoms. The van der Waals surface area contributed by atoms with Crippen molar-refractivity contribution in [2.45, 2.75) is 25.3 Å². The molecule has 5 nitrogen and oxygen atoms in total. The van der Waals surface area contributed by atoms with Crippen molar-refractivity contribution in [3.63, 3.8) is 0 Å². The summed E-state index contributed by atoms with van der Waals surface area (Å²) in [5, 5.41) is 4.65. The van der Waals surface area contributed by atoms with E-state index < -0.39 is 0 Å². The highest BCUT2D eigenvalue weighted by atomic mass is 16.1. The fraction of sp³-hybridized carbons (Fsp3) is 0.300. The molecule has 1 fully saturated rings. The largest absolute Gasteiger partial charge is 0.369 e. The van der Waals surface area contributed by atoms with Gasteiger partial charge >= 0.3 is 0 Å². The predicted molar refractivity (Wildman–Crippen MR) is 145 cm³/mol. The lowest BCUT2D eigenvalue weighted by atomic mass is 9.87. The molecule has 3 aromatic carbocycles. The van der Waals surface area contributed by atoms with E-state index in [0.717, 1.165) is 67.7 Å². The third-order valence-corrected chi connectivity index (χ3v) is 7.61. The van der Waals surface area contributed by atoms with Crippen LogP contribution in [0.4, 0.5) is 17.1 Å². The third-order valence-electron chi connectivity index (χ3n) is 7.61. The van der Waals surface area contributed by atoms with Gasteiger partial charge in [-0.1, -0.05) is 30.3 Å². The Balaban J connectivity index is 1.31. The van der Waals surface area contributed by atoms with Gasteiger partial charge in [-0.3, -0.25) is 4.79 Å². The maximum Gasteiger partial charge on any atom is 0.251 e. The van der Waals surface area contributed by atoms with Crippen molar-refractivity contribution in [2.24, 2.45) is 0 Å². The van der Waals surface area contributed by atoms with E-state index >= 15 is 0 Å². The molecule has 178 valence electrons. The lowest BCUT2D eigenvalue weighted by Crippen LogP contribution is -2.44. The number of nitrogens with zero attached hydrogens (tertiary/aromatic N) is 3. The second-order valence-electron chi connectivity index (χ2n) is 9.88. The van der Waals surface area contributed by atoms with Gasteiger partial charge < -0.3 is 19.7 Å². The Morgan fingerprint density at radius 1 is 0.829 bits per heavy atom. The van der Waals surface area contributed by atoms with Crippen LogP contribution in [0.25, 0.3) is 10.9 Å². The summed E-state index contributed by atoms with van der Waals surface area (Å²) >= 11 is 0. The Labute approximate surface area is 206 Å². The van der Waals surface area contributed by atoms with Gasteiger partial charge in [0.25, 0.3) is 5.56 Å².